The average molecular weight is 349 g/mol. The number of furan rings is 1. The third-order valence-electron chi connectivity index (χ3n) is 5.43. The number of carbonyl (C=O) groups is 1. The summed E-state index contributed by atoms with van der Waals surface area (Å²) >= 11 is 0. The fourth-order valence-electron chi connectivity index (χ4n) is 4.02. The second kappa shape index (κ2) is 7.58. The Morgan fingerprint density at radius 2 is 1.88 bits per heavy atom. The van der Waals surface area contributed by atoms with Crippen LogP contribution in [-0.4, -0.2) is 37.0 Å². The second-order valence-corrected chi connectivity index (χ2v) is 6.89. The molecule has 4 nitrogen and oxygen atoms in total. The molecule has 0 saturated carbocycles. The molecule has 0 bridgehead atoms. The van der Waals surface area contributed by atoms with Gasteiger partial charge in [-0.1, -0.05) is 18.2 Å². The average Bonchev–Trinajstić information content (AvgIpc) is 3.14. The quantitative estimate of drug-likeness (QED) is 0.926. The van der Waals surface area contributed by atoms with E-state index in [1.807, 2.05) is 24.3 Å². The first-order chi connectivity index (χ1) is 11.3. The van der Waals surface area contributed by atoms with Crippen LogP contribution in [0.4, 0.5) is 0 Å². The lowest BCUT2D eigenvalue weighted by Crippen LogP contribution is -2.32. The van der Waals surface area contributed by atoms with Crippen molar-refractivity contribution in [3.8, 4) is 0 Å². The lowest BCUT2D eigenvalue weighted by atomic mass is 9.92. The Bertz CT molecular complexity index is 652. The van der Waals surface area contributed by atoms with E-state index in [0.29, 0.717) is 12.8 Å². The molecule has 2 atom stereocenters. The van der Waals surface area contributed by atoms with Gasteiger partial charge < -0.3 is 14.6 Å². The number of hydrogen-bond donors (Lipinski definition) is 1. The molecule has 2 aliphatic heterocycles. The highest BCUT2D eigenvalue weighted by Crippen LogP contribution is 2.27. The zero-order valence-electron chi connectivity index (χ0n) is 13.9. The van der Waals surface area contributed by atoms with Gasteiger partial charge in [0.25, 0.3) is 0 Å². The number of aryl methyl sites for hydroxylation is 1. The predicted molar refractivity (Wildman–Crippen MR) is 97.4 cm³/mol. The van der Waals surface area contributed by atoms with Crippen molar-refractivity contribution in [1.29, 1.82) is 0 Å². The Morgan fingerprint density at radius 1 is 1.17 bits per heavy atom. The van der Waals surface area contributed by atoms with E-state index in [1.54, 1.807) is 0 Å². The highest BCUT2D eigenvalue weighted by molar-refractivity contribution is 5.85. The largest absolute Gasteiger partial charge is 0.461 e. The van der Waals surface area contributed by atoms with Crippen molar-refractivity contribution < 1.29 is 9.21 Å². The minimum absolute atomic E-state index is 0. The Labute approximate surface area is 149 Å². The molecular weight excluding hydrogens is 324 g/mol. The molecule has 3 heterocycles. The summed E-state index contributed by atoms with van der Waals surface area (Å²) in [5.74, 6) is 2.72. The number of carbonyl (C=O) groups excluding carboxylic acids is 1. The lowest BCUT2D eigenvalue weighted by Gasteiger charge is -2.20. The van der Waals surface area contributed by atoms with Crippen molar-refractivity contribution >= 4 is 29.3 Å². The molecule has 1 N–H and O–H groups in total. The van der Waals surface area contributed by atoms with E-state index in [1.165, 1.54) is 0 Å². The number of nitrogens with one attached hydrogen (secondary N) is 1. The van der Waals surface area contributed by atoms with Gasteiger partial charge in [0.05, 0.1) is 0 Å². The van der Waals surface area contributed by atoms with Crippen molar-refractivity contribution in [2.45, 2.75) is 25.7 Å². The first-order valence-corrected chi connectivity index (χ1v) is 8.75. The summed E-state index contributed by atoms with van der Waals surface area (Å²) in [7, 11) is 0. The smallest absolute Gasteiger partial charge is 0.223 e. The summed E-state index contributed by atoms with van der Waals surface area (Å²) in [4.78, 5) is 14.6. The molecule has 1 amide bonds. The lowest BCUT2D eigenvalue weighted by molar-refractivity contribution is -0.131. The molecule has 0 unspecified atom stereocenters. The fraction of sp³-hybridized carbons (Fsp3) is 0.526. The Kier molecular flexibility index (Phi) is 5.47. The van der Waals surface area contributed by atoms with Crippen LogP contribution in [0.1, 0.15) is 25.0 Å². The van der Waals surface area contributed by atoms with Gasteiger partial charge in [-0.3, -0.25) is 4.79 Å². The van der Waals surface area contributed by atoms with E-state index in [4.69, 9.17) is 4.42 Å². The number of nitrogens with zero attached hydrogens (tertiary/aromatic N) is 1. The minimum atomic E-state index is 0. The third kappa shape index (κ3) is 3.60. The maximum Gasteiger partial charge on any atom is 0.223 e. The topological polar surface area (TPSA) is 45.5 Å². The molecule has 2 aliphatic rings. The van der Waals surface area contributed by atoms with Gasteiger partial charge in [0.15, 0.2) is 0 Å². The first kappa shape index (κ1) is 17.3. The van der Waals surface area contributed by atoms with E-state index in [9.17, 15) is 4.79 Å². The van der Waals surface area contributed by atoms with Crippen LogP contribution in [0.2, 0.25) is 0 Å². The van der Waals surface area contributed by atoms with Gasteiger partial charge in [-0.2, -0.15) is 0 Å². The van der Waals surface area contributed by atoms with Gasteiger partial charge >= 0.3 is 0 Å². The number of hydrogen-bond acceptors (Lipinski definition) is 3. The maximum absolute atomic E-state index is 12.5. The highest BCUT2D eigenvalue weighted by Gasteiger charge is 2.31. The molecule has 0 radical (unpaired) electrons. The van der Waals surface area contributed by atoms with E-state index in [2.05, 4.69) is 16.3 Å². The zero-order chi connectivity index (χ0) is 15.6. The summed E-state index contributed by atoms with van der Waals surface area (Å²) in [5.41, 5.74) is 0.907. The molecule has 1 aromatic carbocycles. The van der Waals surface area contributed by atoms with Crippen molar-refractivity contribution in [2.75, 3.05) is 26.2 Å². The van der Waals surface area contributed by atoms with Gasteiger partial charge in [0.1, 0.15) is 11.3 Å². The number of halogens is 1. The van der Waals surface area contributed by atoms with Gasteiger partial charge in [-0.25, -0.2) is 0 Å². The van der Waals surface area contributed by atoms with Crippen LogP contribution in [0.15, 0.2) is 34.7 Å². The molecule has 0 spiro atoms. The van der Waals surface area contributed by atoms with E-state index in [0.717, 1.165) is 67.6 Å². The summed E-state index contributed by atoms with van der Waals surface area (Å²) in [5, 5.41) is 4.60. The summed E-state index contributed by atoms with van der Waals surface area (Å²) in [6.07, 6.45) is 3.54. The van der Waals surface area contributed by atoms with Crippen molar-refractivity contribution in [2.24, 2.45) is 11.8 Å². The summed E-state index contributed by atoms with van der Waals surface area (Å²) in [6.45, 7) is 4.10. The molecule has 1 aromatic heterocycles. The molecule has 2 aromatic rings. The molecule has 0 aliphatic carbocycles. The molecule has 5 heteroatoms. The van der Waals surface area contributed by atoms with Crippen molar-refractivity contribution in [1.82, 2.24) is 10.2 Å². The normalized spacial score (nSPS) is 23.6. The standard InChI is InChI=1S/C19H24N2O2.ClH/c22-19(21-9-7-15-12-20-13-16(15)8-10-21)6-5-17-11-14-3-1-2-4-18(14)23-17;/h1-4,11,15-16,20H,5-10,12-13H2;1H/t15-,16+;. The maximum atomic E-state index is 12.5. The molecule has 2 saturated heterocycles. The van der Waals surface area contributed by atoms with Gasteiger partial charge in [0, 0.05) is 31.3 Å². The fourth-order valence-corrected chi connectivity index (χ4v) is 4.02. The number of amides is 1. The number of likely N-dealkylation sites (tertiary alicyclic amines) is 1. The zero-order valence-corrected chi connectivity index (χ0v) is 14.7. The summed E-state index contributed by atoms with van der Waals surface area (Å²) in [6, 6.07) is 10.1. The molecule has 4 rings (SSSR count). The number of fused-ring (bicyclic) bond motifs is 2. The molecule has 24 heavy (non-hydrogen) atoms. The monoisotopic (exact) mass is 348 g/mol. The van der Waals surface area contributed by atoms with Crippen LogP contribution in [0.3, 0.4) is 0 Å². The van der Waals surface area contributed by atoms with E-state index in [-0.39, 0.29) is 18.3 Å². The van der Waals surface area contributed by atoms with Crippen molar-refractivity contribution in [3.05, 3.63) is 36.1 Å². The van der Waals surface area contributed by atoms with Crippen molar-refractivity contribution in [3.63, 3.8) is 0 Å². The Balaban J connectivity index is 0.00000169. The van der Waals surface area contributed by atoms with Gasteiger partial charge in [0.2, 0.25) is 5.91 Å². The number of para-hydroxylation sites is 1. The van der Waals surface area contributed by atoms with E-state index >= 15 is 0 Å². The molecular formula is C19H25ClN2O2. The second-order valence-electron chi connectivity index (χ2n) is 6.89. The molecule has 2 fully saturated rings. The summed E-state index contributed by atoms with van der Waals surface area (Å²) < 4.78 is 5.81. The van der Waals surface area contributed by atoms with Crippen LogP contribution in [-0.2, 0) is 11.2 Å². The molecule has 130 valence electrons. The number of rotatable bonds is 3. The Hall–Kier alpha value is -1.52. The van der Waals surface area contributed by atoms with Crippen LogP contribution < -0.4 is 5.32 Å². The SMILES string of the molecule is Cl.O=C(CCc1cc2ccccc2o1)N1CC[C@@H]2CNC[C@@H]2CC1. The van der Waals surface area contributed by atoms with Crippen LogP contribution in [0.5, 0.6) is 0 Å². The first-order valence-electron chi connectivity index (χ1n) is 8.75. The van der Waals surface area contributed by atoms with Gasteiger partial charge in [-0.15, -0.1) is 12.4 Å². The van der Waals surface area contributed by atoms with Gasteiger partial charge in [-0.05, 0) is 49.9 Å². The minimum Gasteiger partial charge on any atom is -0.461 e. The highest BCUT2D eigenvalue weighted by atomic mass is 35.5. The van der Waals surface area contributed by atoms with Crippen LogP contribution in [0, 0.1) is 11.8 Å². The van der Waals surface area contributed by atoms with Crippen LogP contribution >= 0.6 is 12.4 Å². The Morgan fingerprint density at radius 3 is 2.58 bits per heavy atom. The number of benzene rings is 1. The predicted octanol–water partition coefficient (Wildman–Crippen LogP) is 3.25. The van der Waals surface area contributed by atoms with Crippen LogP contribution in [0.25, 0.3) is 11.0 Å². The van der Waals surface area contributed by atoms with E-state index < -0.39 is 0 Å². The third-order valence-corrected chi connectivity index (χ3v) is 5.43.